The summed E-state index contributed by atoms with van der Waals surface area (Å²) >= 11 is 0. The molecule has 17 heavy (non-hydrogen) atoms. The quantitative estimate of drug-likeness (QED) is 0.448. The number of carboxylic acid groups (broad SMARTS) is 1. The predicted octanol–water partition coefficient (Wildman–Crippen LogP) is 1.23. The Hall–Kier alpha value is -1.36. The SMILES string of the molecule is C=CC(=O)OC.CC1CC2OC2CC1C(=O)O. The lowest BCUT2D eigenvalue weighted by atomic mass is 9.81. The highest BCUT2D eigenvalue weighted by Gasteiger charge is 2.48. The van der Waals surface area contributed by atoms with Crippen LogP contribution in [0.25, 0.3) is 0 Å². The van der Waals surface area contributed by atoms with Gasteiger partial charge in [0.25, 0.3) is 0 Å². The molecule has 0 aromatic heterocycles. The first-order chi connectivity index (χ1) is 7.99. The lowest BCUT2D eigenvalue weighted by Crippen LogP contribution is -2.28. The van der Waals surface area contributed by atoms with E-state index in [0.717, 1.165) is 18.9 Å². The summed E-state index contributed by atoms with van der Waals surface area (Å²) in [6.45, 7) is 5.15. The highest BCUT2D eigenvalue weighted by atomic mass is 16.6. The summed E-state index contributed by atoms with van der Waals surface area (Å²) in [5.41, 5.74) is 0. The van der Waals surface area contributed by atoms with Gasteiger partial charge in [0.1, 0.15) is 0 Å². The minimum absolute atomic E-state index is 0.168. The van der Waals surface area contributed by atoms with E-state index in [2.05, 4.69) is 11.3 Å². The second-order valence-electron chi connectivity index (χ2n) is 4.33. The van der Waals surface area contributed by atoms with Crippen molar-refractivity contribution in [2.24, 2.45) is 11.8 Å². The summed E-state index contributed by atoms with van der Waals surface area (Å²) < 4.78 is 9.41. The Morgan fingerprint density at radius 2 is 2.00 bits per heavy atom. The number of hydrogen-bond donors (Lipinski definition) is 1. The van der Waals surface area contributed by atoms with E-state index in [1.807, 2.05) is 6.92 Å². The molecule has 4 unspecified atom stereocenters. The van der Waals surface area contributed by atoms with Crippen LogP contribution in [0.1, 0.15) is 19.8 Å². The van der Waals surface area contributed by atoms with Crippen LogP contribution in [-0.2, 0) is 19.1 Å². The van der Waals surface area contributed by atoms with Crippen molar-refractivity contribution in [2.75, 3.05) is 7.11 Å². The van der Waals surface area contributed by atoms with Crippen LogP contribution >= 0.6 is 0 Å². The summed E-state index contributed by atoms with van der Waals surface area (Å²) in [5.74, 6) is -0.934. The standard InChI is InChI=1S/C8H12O3.C4H6O2/c1-4-2-6-7(11-6)3-5(4)8(9)10;1-3-4(5)6-2/h4-7H,2-3H2,1H3,(H,9,10);3H,1H2,2H3. The predicted molar refractivity (Wildman–Crippen MR) is 60.4 cm³/mol. The number of aliphatic carboxylic acids is 1. The van der Waals surface area contributed by atoms with E-state index in [1.165, 1.54) is 7.11 Å². The van der Waals surface area contributed by atoms with Crippen LogP contribution < -0.4 is 0 Å². The van der Waals surface area contributed by atoms with Crippen LogP contribution in [0.3, 0.4) is 0 Å². The first-order valence-electron chi connectivity index (χ1n) is 5.58. The van der Waals surface area contributed by atoms with Crippen LogP contribution in [-0.4, -0.2) is 36.4 Å². The Kier molecular flexibility index (Phi) is 4.69. The Balaban J connectivity index is 0.000000209. The number of carbonyl (C=O) groups excluding carboxylic acids is 1. The van der Waals surface area contributed by atoms with Crippen LogP contribution in [0.5, 0.6) is 0 Å². The molecule has 4 atom stereocenters. The largest absolute Gasteiger partial charge is 0.481 e. The van der Waals surface area contributed by atoms with E-state index in [0.29, 0.717) is 6.10 Å². The van der Waals surface area contributed by atoms with Gasteiger partial charge in [-0.25, -0.2) is 4.79 Å². The molecule has 96 valence electrons. The smallest absolute Gasteiger partial charge is 0.329 e. The fourth-order valence-corrected chi connectivity index (χ4v) is 2.03. The van der Waals surface area contributed by atoms with Crippen molar-refractivity contribution in [1.29, 1.82) is 0 Å². The maximum absolute atomic E-state index is 10.7. The normalized spacial score (nSPS) is 33.5. The highest BCUT2D eigenvalue weighted by molar-refractivity contribution is 5.80. The minimum atomic E-state index is -0.661. The van der Waals surface area contributed by atoms with Crippen molar-refractivity contribution in [2.45, 2.75) is 32.0 Å². The number of hydrogen-bond acceptors (Lipinski definition) is 4. The van der Waals surface area contributed by atoms with Crippen molar-refractivity contribution in [3.63, 3.8) is 0 Å². The van der Waals surface area contributed by atoms with Gasteiger partial charge in [-0.3, -0.25) is 4.79 Å². The first kappa shape index (κ1) is 13.7. The monoisotopic (exact) mass is 242 g/mol. The highest BCUT2D eigenvalue weighted by Crippen LogP contribution is 2.42. The van der Waals surface area contributed by atoms with Crippen molar-refractivity contribution < 1.29 is 24.2 Å². The Morgan fingerprint density at radius 1 is 1.41 bits per heavy atom. The Bertz CT molecular complexity index is 312. The van der Waals surface area contributed by atoms with Gasteiger partial charge in [0.15, 0.2) is 0 Å². The molecular weight excluding hydrogens is 224 g/mol. The molecule has 0 radical (unpaired) electrons. The Morgan fingerprint density at radius 3 is 2.41 bits per heavy atom. The fourth-order valence-electron chi connectivity index (χ4n) is 2.03. The van der Waals surface area contributed by atoms with Gasteiger partial charge >= 0.3 is 11.9 Å². The van der Waals surface area contributed by atoms with Crippen molar-refractivity contribution >= 4 is 11.9 Å². The fraction of sp³-hybridized carbons (Fsp3) is 0.667. The third-order valence-corrected chi connectivity index (χ3v) is 3.15. The third kappa shape index (κ3) is 3.85. The number of carboxylic acids is 1. The van der Waals surface area contributed by atoms with E-state index >= 15 is 0 Å². The van der Waals surface area contributed by atoms with E-state index in [9.17, 15) is 9.59 Å². The van der Waals surface area contributed by atoms with E-state index in [-0.39, 0.29) is 17.9 Å². The molecule has 5 nitrogen and oxygen atoms in total. The number of ether oxygens (including phenoxy) is 2. The zero-order valence-electron chi connectivity index (χ0n) is 10.1. The molecule has 0 bridgehead atoms. The maximum atomic E-state index is 10.7. The molecule has 0 amide bonds. The molecule has 1 N–H and O–H groups in total. The second-order valence-corrected chi connectivity index (χ2v) is 4.33. The molecule has 0 spiro atoms. The zero-order chi connectivity index (χ0) is 13.0. The number of carbonyl (C=O) groups is 2. The molecule has 5 heteroatoms. The van der Waals surface area contributed by atoms with Gasteiger partial charge in [0, 0.05) is 6.08 Å². The summed E-state index contributed by atoms with van der Waals surface area (Å²) in [5, 5.41) is 8.79. The summed E-state index contributed by atoms with van der Waals surface area (Å²) in [7, 11) is 1.31. The van der Waals surface area contributed by atoms with Gasteiger partial charge in [-0.2, -0.15) is 0 Å². The molecule has 1 saturated heterocycles. The number of methoxy groups -OCH3 is 1. The molecule has 0 aromatic rings. The van der Waals surface area contributed by atoms with Crippen molar-refractivity contribution in [3.8, 4) is 0 Å². The Labute approximate surface area is 100 Å². The second kappa shape index (κ2) is 5.82. The van der Waals surface area contributed by atoms with Gasteiger partial charge in [-0.05, 0) is 18.8 Å². The van der Waals surface area contributed by atoms with Gasteiger partial charge in [0.05, 0.1) is 25.2 Å². The lowest BCUT2D eigenvalue weighted by molar-refractivity contribution is -0.144. The van der Waals surface area contributed by atoms with E-state index in [4.69, 9.17) is 9.84 Å². The molecule has 1 aliphatic carbocycles. The van der Waals surface area contributed by atoms with Gasteiger partial charge in [-0.15, -0.1) is 0 Å². The molecule has 1 aliphatic heterocycles. The maximum Gasteiger partial charge on any atom is 0.329 e. The van der Waals surface area contributed by atoms with Gasteiger partial charge < -0.3 is 14.6 Å². The topological polar surface area (TPSA) is 76.1 Å². The molecule has 2 fully saturated rings. The number of rotatable bonds is 2. The van der Waals surface area contributed by atoms with E-state index in [1.54, 1.807) is 0 Å². The summed E-state index contributed by atoms with van der Waals surface area (Å²) in [4.78, 5) is 20.5. The molecule has 0 aromatic carbocycles. The number of fused-ring (bicyclic) bond motifs is 1. The average Bonchev–Trinajstić information content (AvgIpc) is 3.05. The molecule has 1 heterocycles. The molecule has 2 aliphatic rings. The molecular formula is C12H18O5. The average molecular weight is 242 g/mol. The van der Waals surface area contributed by atoms with Crippen LogP contribution in [0.2, 0.25) is 0 Å². The summed E-state index contributed by atoms with van der Waals surface area (Å²) in [6, 6.07) is 0. The van der Waals surface area contributed by atoms with Crippen LogP contribution in [0.4, 0.5) is 0 Å². The first-order valence-corrected chi connectivity index (χ1v) is 5.58. The van der Waals surface area contributed by atoms with Gasteiger partial charge in [0.2, 0.25) is 0 Å². The molecule has 2 rings (SSSR count). The number of esters is 1. The van der Waals surface area contributed by atoms with Crippen molar-refractivity contribution in [1.82, 2.24) is 0 Å². The van der Waals surface area contributed by atoms with Crippen molar-refractivity contribution in [3.05, 3.63) is 12.7 Å². The number of epoxide rings is 1. The van der Waals surface area contributed by atoms with Crippen LogP contribution in [0, 0.1) is 11.8 Å². The zero-order valence-corrected chi connectivity index (χ0v) is 10.1. The molecule has 1 saturated carbocycles. The summed E-state index contributed by atoms with van der Waals surface area (Å²) in [6.07, 6.45) is 3.43. The minimum Gasteiger partial charge on any atom is -0.481 e. The van der Waals surface area contributed by atoms with E-state index < -0.39 is 11.9 Å². The van der Waals surface area contributed by atoms with Crippen LogP contribution in [0.15, 0.2) is 12.7 Å². The van der Waals surface area contributed by atoms with Gasteiger partial charge in [-0.1, -0.05) is 13.5 Å². The lowest BCUT2D eigenvalue weighted by Gasteiger charge is -2.21. The third-order valence-electron chi connectivity index (χ3n) is 3.15.